The lowest BCUT2D eigenvalue weighted by Crippen LogP contribution is -2.39. The third kappa shape index (κ3) is 3.31. The van der Waals surface area contributed by atoms with E-state index in [0.717, 1.165) is 22.9 Å². The Morgan fingerprint density at radius 3 is 2.89 bits per heavy atom. The van der Waals surface area contributed by atoms with Crippen LogP contribution in [0.4, 0.5) is 4.39 Å². The molecule has 4 rings (SSSR count). The molecule has 5 nitrogen and oxygen atoms in total. The van der Waals surface area contributed by atoms with E-state index in [1.165, 1.54) is 19.2 Å². The quantitative estimate of drug-likeness (QED) is 0.724. The molecule has 2 atom stereocenters. The first-order valence-corrected chi connectivity index (χ1v) is 9.25. The summed E-state index contributed by atoms with van der Waals surface area (Å²) in [6, 6.07) is 13.0. The third-order valence-corrected chi connectivity index (χ3v) is 5.32. The first kappa shape index (κ1) is 18.4. The number of benzene rings is 2. The van der Waals surface area contributed by atoms with Crippen molar-refractivity contribution in [3.63, 3.8) is 0 Å². The minimum Gasteiger partial charge on any atom is -0.496 e. The third-order valence-electron chi connectivity index (χ3n) is 5.32. The summed E-state index contributed by atoms with van der Waals surface area (Å²) in [5.41, 5.74) is 2.27. The number of carboxylic acids is 1. The topological polar surface area (TPSA) is 62.7 Å². The van der Waals surface area contributed by atoms with Crippen LogP contribution in [0, 0.1) is 5.82 Å². The Morgan fingerprint density at radius 1 is 1.29 bits per heavy atom. The van der Waals surface area contributed by atoms with Gasteiger partial charge in [-0.15, -0.1) is 0 Å². The van der Waals surface area contributed by atoms with Crippen LogP contribution in [-0.4, -0.2) is 40.7 Å². The average molecular weight is 380 g/mol. The van der Waals surface area contributed by atoms with E-state index < -0.39 is 18.1 Å². The maximum Gasteiger partial charge on any atom is 0.320 e. The van der Waals surface area contributed by atoms with Gasteiger partial charge in [-0.05, 0) is 48.7 Å². The molecule has 1 aliphatic heterocycles. The van der Waals surface area contributed by atoms with Gasteiger partial charge in [-0.25, -0.2) is 4.39 Å². The maximum atomic E-state index is 14.1. The summed E-state index contributed by atoms with van der Waals surface area (Å²) in [4.78, 5) is 18.3. The Balaban J connectivity index is 1.90. The van der Waals surface area contributed by atoms with Gasteiger partial charge in [-0.1, -0.05) is 18.2 Å². The van der Waals surface area contributed by atoms with Gasteiger partial charge < -0.3 is 9.84 Å². The second kappa shape index (κ2) is 7.56. The number of fused-ring (bicyclic) bond motifs is 1. The minimum atomic E-state index is -0.869. The minimum absolute atomic E-state index is 0.388. The number of carboxylic acid groups (broad SMARTS) is 1. The van der Waals surface area contributed by atoms with Crippen LogP contribution in [0.3, 0.4) is 0 Å². The fourth-order valence-electron chi connectivity index (χ4n) is 4.07. The monoisotopic (exact) mass is 380 g/mol. The lowest BCUT2D eigenvalue weighted by Gasteiger charge is -2.32. The lowest BCUT2D eigenvalue weighted by molar-refractivity contribution is -0.142. The van der Waals surface area contributed by atoms with Crippen LogP contribution in [0.2, 0.25) is 0 Å². The van der Waals surface area contributed by atoms with Crippen molar-refractivity contribution in [1.82, 2.24) is 9.88 Å². The van der Waals surface area contributed by atoms with E-state index in [9.17, 15) is 14.3 Å². The number of halogens is 1. The number of likely N-dealkylation sites (tertiary alicyclic amines) is 1. The summed E-state index contributed by atoms with van der Waals surface area (Å²) in [5.74, 6) is -0.733. The van der Waals surface area contributed by atoms with Gasteiger partial charge in [0.15, 0.2) is 0 Å². The molecule has 1 N–H and O–H groups in total. The number of nitrogens with zero attached hydrogens (tertiary/aromatic N) is 2. The number of ether oxygens (including phenoxy) is 1. The van der Waals surface area contributed by atoms with Crippen LogP contribution in [-0.2, 0) is 4.79 Å². The van der Waals surface area contributed by atoms with Crippen LogP contribution in [0.15, 0.2) is 54.7 Å². The first-order valence-electron chi connectivity index (χ1n) is 9.25. The fourth-order valence-corrected chi connectivity index (χ4v) is 4.07. The summed E-state index contributed by atoms with van der Waals surface area (Å²) in [7, 11) is 1.53. The van der Waals surface area contributed by atoms with Crippen molar-refractivity contribution in [2.24, 2.45) is 0 Å². The van der Waals surface area contributed by atoms with Crippen LogP contribution >= 0.6 is 0 Å². The maximum absolute atomic E-state index is 14.1. The second-order valence-electron chi connectivity index (χ2n) is 6.98. The molecule has 1 fully saturated rings. The number of hydrogen-bond donors (Lipinski definition) is 1. The molecular formula is C22H21FN2O3. The predicted molar refractivity (Wildman–Crippen MR) is 104 cm³/mol. The average Bonchev–Trinajstić information content (AvgIpc) is 3.18. The Bertz CT molecular complexity index is 1020. The van der Waals surface area contributed by atoms with Crippen LogP contribution in [0.25, 0.3) is 10.9 Å². The Morgan fingerprint density at radius 2 is 2.11 bits per heavy atom. The summed E-state index contributed by atoms with van der Waals surface area (Å²) in [5, 5.41) is 10.7. The largest absolute Gasteiger partial charge is 0.496 e. The van der Waals surface area contributed by atoms with E-state index in [2.05, 4.69) is 4.98 Å². The molecule has 6 heteroatoms. The van der Waals surface area contributed by atoms with Crippen molar-refractivity contribution in [2.75, 3.05) is 13.7 Å². The van der Waals surface area contributed by atoms with Crippen LogP contribution < -0.4 is 4.74 Å². The number of hydrogen-bond acceptors (Lipinski definition) is 4. The molecule has 3 aromatic rings. The molecule has 0 saturated carbocycles. The molecule has 28 heavy (non-hydrogen) atoms. The first-order chi connectivity index (χ1) is 13.6. The molecule has 0 spiro atoms. The standard InChI is InChI=1S/C22H21FN2O3/c1-28-20-9-8-16(23)12-17(20)21(25-10-4-7-19(25)22(26)27)15-11-14-5-2-3-6-18(14)24-13-15/h2-3,5-6,8-9,11-13,19,21H,4,7,10H2,1H3,(H,26,27). The van der Waals surface area contributed by atoms with Crippen LogP contribution in [0.1, 0.15) is 30.0 Å². The molecule has 0 amide bonds. The molecule has 1 aliphatic rings. The van der Waals surface area contributed by atoms with E-state index >= 15 is 0 Å². The Kier molecular flexibility index (Phi) is 4.96. The lowest BCUT2D eigenvalue weighted by atomic mass is 9.95. The van der Waals surface area contributed by atoms with Gasteiger partial charge in [0.05, 0.1) is 18.7 Å². The summed E-state index contributed by atoms with van der Waals surface area (Å²) in [6.45, 7) is 0.605. The summed E-state index contributed by atoms with van der Waals surface area (Å²) < 4.78 is 19.6. The zero-order chi connectivity index (χ0) is 19.7. The van der Waals surface area contributed by atoms with Crippen molar-refractivity contribution in [2.45, 2.75) is 24.9 Å². The van der Waals surface area contributed by atoms with Gasteiger partial charge in [-0.3, -0.25) is 14.7 Å². The van der Waals surface area contributed by atoms with Crippen molar-refractivity contribution < 1.29 is 19.0 Å². The van der Waals surface area contributed by atoms with E-state index in [-0.39, 0.29) is 5.82 Å². The molecular weight excluding hydrogens is 359 g/mol. The molecule has 0 aliphatic carbocycles. The Hall–Kier alpha value is -2.99. The second-order valence-corrected chi connectivity index (χ2v) is 6.98. The van der Waals surface area contributed by atoms with E-state index in [1.54, 1.807) is 12.3 Å². The number of methoxy groups -OCH3 is 1. The predicted octanol–water partition coefficient (Wildman–Crippen LogP) is 4.02. The molecule has 0 bridgehead atoms. The van der Waals surface area contributed by atoms with Gasteiger partial charge in [0.1, 0.15) is 17.6 Å². The number of rotatable bonds is 5. The molecule has 0 radical (unpaired) electrons. The molecule has 2 heterocycles. The molecule has 144 valence electrons. The zero-order valence-corrected chi connectivity index (χ0v) is 15.5. The van der Waals surface area contributed by atoms with Gasteiger partial charge >= 0.3 is 5.97 Å². The van der Waals surface area contributed by atoms with Crippen molar-refractivity contribution in [3.05, 3.63) is 71.7 Å². The van der Waals surface area contributed by atoms with Gasteiger partial charge in [0.2, 0.25) is 0 Å². The van der Waals surface area contributed by atoms with E-state index in [4.69, 9.17) is 4.74 Å². The molecule has 2 unspecified atom stereocenters. The van der Waals surface area contributed by atoms with E-state index in [0.29, 0.717) is 24.3 Å². The highest BCUT2D eigenvalue weighted by Crippen LogP contribution is 2.39. The highest BCUT2D eigenvalue weighted by molar-refractivity contribution is 5.79. The summed E-state index contributed by atoms with van der Waals surface area (Å²) >= 11 is 0. The number of para-hydroxylation sites is 1. The van der Waals surface area contributed by atoms with Crippen molar-refractivity contribution in [1.29, 1.82) is 0 Å². The fraction of sp³-hybridized carbons (Fsp3) is 0.273. The molecule has 1 saturated heterocycles. The summed E-state index contributed by atoms with van der Waals surface area (Å²) in [6.07, 6.45) is 3.07. The number of aliphatic carboxylic acids is 1. The van der Waals surface area contributed by atoms with Gasteiger partial charge in [0.25, 0.3) is 0 Å². The number of aromatic nitrogens is 1. The Labute approximate surface area is 162 Å². The van der Waals surface area contributed by atoms with Gasteiger partial charge in [-0.2, -0.15) is 0 Å². The smallest absolute Gasteiger partial charge is 0.320 e. The van der Waals surface area contributed by atoms with Gasteiger partial charge in [0, 0.05) is 23.7 Å². The number of carbonyl (C=O) groups is 1. The SMILES string of the molecule is COc1ccc(F)cc1C(c1cnc2ccccc2c1)N1CCCC1C(=O)O. The zero-order valence-electron chi connectivity index (χ0n) is 15.5. The highest BCUT2D eigenvalue weighted by Gasteiger charge is 2.38. The normalized spacial score (nSPS) is 18.3. The van der Waals surface area contributed by atoms with Crippen molar-refractivity contribution >= 4 is 16.9 Å². The van der Waals surface area contributed by atoms with Crippen LogP contribution in [0.5, 0.6) is 5.75 Å². The molecule has 2 aromatic carbocycles. The van der Waals surface area contributed by atoms with Crippen molar-refractivity contribution in [3.8, 4) is 5.75 Å². The molecule has 1 aromatic heterocycles. The highest BCUT2D eigenvalue weighted by atomic mass is 19.1. The van der Waals surface area contributed by atoms with E-state index in [1.807, 2.05) is 35.2 Å². The number of pyridine rings is 1.